The maximum absolute atomic E-state index is 13.0. The molecule has 0 aliphatic carbocycles. The van der Waals surface area contributed by atoms with Crippen molar-refractivity contribution in [3.8, 4) is 0 Å². The molecule has 0 fully saturated rings. The molecule has 0 aromatic heterocycles. The van der Waals surface area contributed by atoms with Crippen molar-refractivity contribution in [2.45, 2.75) is 24.8 Å². The Morgan fingerprint density at radius 2 is 1.80 bits per heavy atom. The fourth-order valence-electron chi connectivity index (χ4n) is 1.51. The molecule has 0 aliphatic heterocycles. The van der Waals surface area contributed by atoms with Gasteiger partial charge in [0, 0.05) is 12.6 Å². The van der Waals surface area contributed by atoms with Crippen LogP contribution in [0.3, 0.4) is 0 Å². The number of hydrogen-bond donors (Lipinski definition) is 2. The highest BCUT2D eigenvalue weighted by molar-refractivity contribution is 7.89. The number of rotatable bonds is 6. The van der Waals surface area contributed by atoms with Crippen LogP contribution in [0.25, 0.3) is 0 Å². The zero-order valence-electron chi connectivity index (χ0n) is 10.9. The van der Waals surface area contributed by atoms with E-state index in [1.54, 1.807) is 0 Å². The van der Waals surface area contributed by atoms with Gasteiger partial charge in [0.25, 0.3) is 0 Å². The van der Waals surface area contributed by atoms with Gasteiger partial charge in [-0.2, -0.15) is 0 Å². The summed E-state index contributed by atoms with van der Waals surface area (Å²) in [6.07, 6.45) is 0. The highest BCUT2D eigenvalue weighted by atomic mass is 35.5. The molecule has 0 radical (unpaired) electrons. The average molecular weight is 366 g/mol. The van der Waals surface area contributed by atoms with Crippen LogP contribution < -0.4 is 10.0 Å². The molecule has 1 aromatic carbocycles. The number of nitrogens with one attached hydrogen (secondary N) is 2. The lowest BCUT2D eigenvalue weighted by Crippen LogP contribution is -2.38. The molecule has 9 heteroatoms. The van der Waals surface area contributed by atoms with E-state index in [-0.39, 0.29) is 39.9 Å². The first kappa shape index (κ1) is 19.9. The summed E-state index contributed by atoms with van der Waals surface area (Å²) in [7, 11) is -3.87. The van der Waals surface area contributed by atoms with Crippen LogP contribution in [0.1, 0.15) is 13.8 Å². The Morgan fingerprint density at radius 3 is 2.25 bits per heavy atom. The van der Waals surface area contributed by atoms with E-state index in [1.165, 1.54) is 0 Å². The fourth-order valence-corrected chi connectivity index (χ4v) is 3.83. The van der Waals surface area contributed by atoms with Gasteiger partial charge in [-0.1, -0.05) is 30.1 Å². The second-order valence-electron chi connectivity index (χ2n) is 4.01. The van der Waals surface area contributed by atoms with Crippen molar-refractivity contribution in [2.75, 3.05) is 13.1 Å². The van der Waals surface area contributed by atoms with E-state index in [0.29, 0.717) is 0 Å². The SMILES string of the molecule is CCN[C@H](C)CNS(=O)(=O)c1c(Cl)cc(F)cc1Cl.Cl. The second kappa shape index (κ2) is 8.36. The number of benzene rings is 1. The number of likely N-dealkylation sites (N-methyl/N-ethyl adjacent to an activating group) is 1. The molecule has 4 nitrogen and oxygen atoms in total. The van der Waals surface area contributed by atoms with Gasteiger partial charge in [0.2, 0.25) is 10.0 Å². The molecule has 20 heavy (non-hydrogen) atoms. The number of halogens is 4. The zero-order valence-corrected chi connectivity index (χ0v) is 14.1. The van der Waals surface area contributed by atoms with Crippen LogP contribution in [0.15, 0.2) is 17.0 Å². The third-order valence-corrected chi connectivity index (χ3v) is 4.71. The molecule has 0 unspecified atom stereocenters. The molecule has 0 saturated heterocycles. The summed E-state index contributed by atoms with van der Waals surface area (Å²) in [5.41, 5.74) is 0. The Labute approximate surface area is 134 Å². The maximum Gasteiger partial charge on any atom is 0.243 e. The molecule has 0 heterocycles. The van der Waals surface area contributed by atoms with E-state index in [0.717, 1.165) is 18.7 Å². The standard InChI is InChI=1S/C11H15Cl2FN2O2S.ClH/c1-3-15-7(2)6-16-19(17,18)11-9(12)4-8(14)5-10(11)13;/h4-5,7,15-16H,3,6H2,1-2H3;1H/t7-;/m1./s1. The highest BCUT2D eigenvalue weighted by Gasteiger charge is 2.23. The normalized spacial score (nSPS) is 12.8. The van der Waals surface area contributed by atoms with Crippen molar-refractivity contribution < 1.29 is 12.8 Å². The first-order valence-corrected chi connectivity index (χ1v) is 7.89. The number of hydrogen-bond acceptors (Lipinski definition) is 3. The van der Waals surface area contributed by atoms with Gasteiger partial charge in [0.15, 0.2) is 0 Å². The summed E-state index contributed by atoms with van der Waals surface area (Å²) in [5, 5.41) is 2.57. The van der Waals surface area contributed by atoms with E-state index in [1.807, 2.05) is 13.8 Å². The van der Waals surface area contributed by atoms with Crippen LogP contribution in [-0.2, 0) is 10.0 Å². The third-order valence-electron chi connectivity index (χ3n) is 2.36. The predicted octanol–water partition coefficient (Wildman–Crippen LogP) is 2.83. The zero-order chi connectivity index (χ0) is 14.6. The quantitative estimate of drug-likeness (QED) is 0.815. The van der Waals surface area contributed by atoms with Crippen molar-refractivity contribution in [3.05, 3.63) is 28.0 Å². The molecular formula is C11H16Cl3FN2O2S. The summed E-state index contributed by atoms with van der Waals surface area (Å²) in [4.78, 5) is -0.305. The van der Waals surface area contributed by atoms with Gasteiger partial charge < -0.3 is 5.32 Å². The van der Waals surface area contributed by atoms with Gasteiger partial charge in [-0.25, -0.2) is 17.5 Å². The molecule has 1 rings (SSSR count). The van der Waals surface area contributed by atoms with Gasteiger partial charge in [-0.15, -0.1) is 12.4 Å². The molecule has 0 amide bonds. The molecule has 0 aliphatic rings. The lowest BCUT2D eigenvalue weighted by Gasteiger charge is -2.15. The highest BCUT2D eigenvalue weighted by Crippen LogP contribution is 2.30. The topological polar surface area (TPSA) is 58.2 Å². The largest absolute Gasteiger partial charge is 0.313 e. The second-order valence-corrected chi connectivity index (χ2v) is 6.53. The maximum atomic E-state index is 13.0. The fraction of sp³-hybridized carbons (Fsp3) is 0.455. The lowest BCUT2D eigenvalue weighted by atomic mass is 10.3. The van der Waals surface area contributed by atoms with Crippen molar-refractivity contribution in [1.82, 2.24) is 10.0 Å². The van der Waals surface area contributed by atoms with Gasteiger partial charge in [0.05, 0.1) is 10.0 Å². The Kier molecular flexibility index (Phi) is 8.32. The number of sulfonamides is 1. The average Bonchev–Trinajstić information content (AvgIpc) is 2.25. The van der Waals surface area contributed by atoms with Crippen LogP contribution in [0.4, 0.5) is 4.39 Å². The first-order valence-electron chi connectivity index (χ1n) is 5.65. The molecule has 2 N–H and O–H groups in total. The monoisotopic (exact) mass is 364 g/mol. The van der Waals surface area contributed by atoms with Crippen molar-refractivity contribution in [1.29, 1.82) is 0 Å². The smallest absolute Gasteiger partial charge is 0.243 e. The van der Waals surface area contributed by atoms with Crippen molar-refractivity contribution in [3.63, 3.8) is 0 Å². The third kappa shape index (κ3) is 5.35. The molecule has 0 saturated carbocycles. The lowest BCUT2D eigenvalue weighted by molar-refractivity contribution is 0.536. The summed E-state index contributed by atoms with van der Waals surface area (Å²) in [5.74, 6) is -0.685. The minimum atomic E-state index is -3.87. The Hall–Kier alpha value is -0.110. The predicted molar refractivity (Wildman–Crippen MR) is 82.0 cm³/mol. The molecule has 116 valence electrons. The Morgan fingerprint density at radius 1 is 1.30 bits per heavy atom. The summed E-state index contributed by atoms with van der Waals surface area (Å²) in [6.45, 7) is 4.65. The van der Waals surface area contributed by atoms with E-state index in [2.05, 4.69) is 10.0 Å². The van der Waals surface area contributed by atoms with Crippen LogP contribution in [-0.4, -0.2) is 27.5 Å². The summed E-state index contributed by atoms with van der Waals surface area (Å²) in [6, 6.07) is 1.78. The van der Waals surface area contributed by atoms with Crippen molar-refractivity contribution in [2.24, 2.45) is 0 Å². The van der Waals surface area contributed by atoms with E-state index in [4.69, 9.17) is 23.2 Å². The van der Waals surface area contributed by atoms with Crippen LogP contribution in [0.5, 0.6) is 0 Å². The van der Waals surface area contributed by atoms with E-state index in [9.17, 15) is 12.8 Å². The van der Waals surface area contributed by atoms with Crippen LogP contribution >= 0.6 is 35.6 Å². The van der Waals surface area contributed by atoms with E-state index >= 15 is 0 Å². The molecular weight excluding hydrogens is 350 g/mol. The minimum absolute atomic E-state index is 0. The molecule has 1 atom stereocenters. The summed E-state index contributed by atoms with van der Waals surface area (Å²) >= 11 is 11.5. The molecule has 0 spiro atoms. The van der Waals surface area contributed by atoms with E-state index < -0.39 is 15.8 Å². The first-order chi connectivity index (χ1) is 8.77. The van der Waals surface area contributed by atoms with Gasteiger partial charge >= 0.3 is 0 Å². The van der Waals surface area contributed by atoms with Gasteiger partial charge in [0.1, 0.15) is 10.7 Å². The van der Waals surface area contributed by atoms with Gasteiger partial charge in [-0.3, -0.25) is 0 Å². The van der Waals surface area contributed by atoms with Gasteiger partial charge in [-0.05, 0) is 25.6 Å². The van der Waals surface area contributed by atoms with Crippen LogP contribution in [0, 0.1) is 5.82 Å². The Balaban J connectivity index is 0.00000361. The van der Waals surface area contributed by atoms with Crippen molar-refractivity contribution >= 4 is 45.6 Å². The minimum Gasteiger partial charge on any atom is -0.313 e. The summed E-state index contributed by atoms with van der Waals surface area (Å²) < 4.78 is 39.5. The molecule has 1 aromatic rings. The Bertz CT molecular complexity index is 532. The van der Waals surface area contributed by atoms with Crippen LogP contribution in [0.2, 0.25) is 10.0 Å². The molecule has 0 bridgehead atoms.